The molecule has 0 radical (unpaired) electrons. The van der Waals surface area contributed by atoms with Gasteiger partial charge in [0.1, 0.15) is 0 Å². The molecule has 0 aromatic carbocycles. The van der Waals surface area contributed by atoms with Crippen LogP contribution in [0.15, 0.2) is 0 Å². The predicted molar refractivity (Wildman–Crippen MR) is 33.9 cm³/mol. The van der Waals surface area contributed by atoms with Gasteiger partial charge in [-0.05, 0) is 12.3 Å². The summed E-state index contributed by atoms with van der Waals surface area (Å²) in [6.07, 6.45) is 0.913. The maximum absolute atomic E-state index is 10.8. The first-order chi connectivity index (χ1) is 4.22. The fourth-order valence-electron chi connectivity index (χ4n) is 1.12. The molecule has 1 aliphatic heterocycles. The zero-order chi connectivity index (χ0) is 6.85. The molecular weight excluding hydrogens is 116 g/mol. The van der Waals surface area contributed by atoms with Crippen LogP contribution in [0.4, 0.5) is 0 Å². The third-order valence-electron chi connectivity index (χ3n) is 1.78. The van der Waals surface area contributed by atoms with Crippen molar-refractivity contribution < 1.29 is 9.53 Å². The number of cyclic esters (lactones) is 1. The van der Waals surface area contributed by atoms with Crippen LogP contribution in [0.25, 0.3) is 0 Å². The SMILES string of the molecule is CC(C)[C@@H]1CCOC1=O. The van der Waals surface area contributed by atoms with Crippen molar-refractivity contribution in [3.63, 3.8) is 0 Å². The second kappa shape index (κ2) is 2.38. The Hall–Kier alpha value is -0.530. The molecule has 52 valence electrons. The molecule has 0 bridgehead atoms. The number of esters is 1. The topological polar surface area (TPSA) is 26.3 Å². The summed E-state index contributed by atoms with van der Waals surface area (Å²) in [7, 11) is 0. The normalized spacial score (nSPS) is 27.0. The highest BCUT2D eigenvalue weighted by Crippen LogP contribution is 2.21. The molecule has 1 saturated heterocycles. The molecule has 0 spiro atoms. The van der Waals surface area contributed by atoms with Gasteiger partial charge >= 0.3 is 5.97 Å². The minimum absolute atomic E-state index is 0.00926. The molecule has 1 rings (SSSR count). The average Bonchev–Trinajstić information content (AvgIpc) is 2.13. The van der Waals surface area contributed by atoms with Gasteiger partial charge in [0.25, 0.3) is 0 Å². The van der Waals surface area contributed by atoms with Gasteiger partial charge in [0.2, 0.25) is 0 Å². The van der Waals surface area contributed by atoms with E-state index in [1.807, 2.05) is 0 Å². The highest BCUT2D eigenvalue weighted by molar-refractivity contribution is 5.74. The summed E-state index contributed by atoms with van der Waals surface area (Å²) in [4.78, 5) is 10.8. The van der Waals surface area contributed by atoms with Crippen LogP contribution >= 0.6 is 0 Å². The molecule has 9 heavy (non-hydrogen) atoms. The van der Waals surface area contributed by atoms with Crippen molar-refractivity contribution in [1.82, 2.24) is 0 Å². The minimum Gasteiger partial charge on any atom is -0.465 e. The number of hydrogen-bond donors (Lipinski definition) is 0. The lowest BCUT2D eigenvalue weighted by atomic mass is 9.95. The third-order valence-corrected chi connectivity index (χ3v) is 1.78. The molecule has 0 saturated carbocycles. The van der Waals surface area contributed by atoms with Crippen LogP contribution in [-0.4, -0.2) is 12.6 Å². The summed E-state index contributed by atoms with van der Waals surface area (Å²) in [5, 5.41) is 0. The van der Waals surface area contributed by atoms with Crippen molar-refractivity contribution in [2.24, 2.45) is 11.8 Å². The maximum atomic E-state index is 10.8. The summed E-state index contributed by atoms with van der Waals surface area (Å²) >= 11 is 0. The molecule has 1 fully saturated rings. The molecule has 1 heterocycles. The Morgan fingerprint density at radius 2 is 2.33 bits per heavy atom. The van der Waals surface area contributed by atoms with Crippen LogP contribution in [0.5, 0.6) is 0 Å². The molecule has 0 amide bonds. The average molecular weight is 128 g/mol. The van der Waals surface area contributed by atoms with E-state index in [1.165, 1.54) is 0 Å². The Kier molecular flexibility index (Phi) is 1.74. The summed E-state index contributed by atoms with van der Waals surface area (Å²) in [5.41, 5.74) is 0. The van der Waals surface area contributed by atoms with E-state index in [4.69, 9.17) is 4.74 Å². The lowest BCUT2D eigenvalue weighted by Gasteiger charge is -2.07. The van der Waals surface area contributed by atoms with Crippen molar-refractivity contribution in [2.75, 3.05) is 6.61 Å². The lowest BCUT2D eigenvalue weighted by Crippen LogP contribution is -2.13. The first-order valence-corrected chi connectivity index (χ1v) is 3.38. The van der Waals surface area contributed by atoms with Crippen LogP contribution in [0.3, 0.4) is 0 Å². The van der Waals surface area contributed by atoms with Crippen LogP contribution in [0.1, 0.15) is 20.3 Å². The van der Waals surface area contributed by atoms with Gasteiger partial charge in [-0.3, -0.25) is 4.79 Å². The van der Waals surface area contributed by atoms with E-state index in [9.17, 15) is 4.79 Å². The van der Waals surface area contributed by atoms with Crippen molar-refractivity contribution in [3.8, 4) is 0 Å². The summed E-state index contributed by atoms with van der Waals surface area (Å²) in [5.74, 6) is 0.606. The number of carbonyl (C=O) groups is 1. The Morgan fingerprint density at radius 3 is 2.56 bits per heavy atom. The van der Waals surface area contributed by atoms with Gasteiger partial charge in [-0.15, -0.1) is 0 Å². The highest BCUT2D eigenvalue weighted by Gasteiger charge is 2.28. The number of carbonyl (C=O) groups excluding carboxylic acids is 1. The highest BCUT2D eigenvalue weighted by atomic mass is 16.5. The van der Waals surface area contributed by atoms with E-state index in [-0.39, 0.29) is 11.9 Å². The lowest BCUT2D eigenvalue weighted by molar-refractivity contribution is -0.142. The van der Waals surface area contributed by atoms with Crippen LogP contribution in [0, 0.1) is 11.8 Å². The van der Waals surface area contributed by atoms with Crippen molar-refractivity contribution >= 4 is 5.97 Å². The second-order valence-electron chi connectivity index (χ2n) is 2.81. The molecule has 0 N–H and O–H groups in total. The fourth-order valence-corrected chi connectivity index (χ4v) is 1.12. The number of hydrogen-bond acceptors (Lipinski definition) is 2. The Morgan fingerprint density at radius 1 is 1.67 bits per heavy atom. The van der Waals surface area contributed by atoms with Gasteiger partial charge in [-0.2, -0.15) is 0 Å². The monoisotopic (exact) mass is 128 g/mol. The summed E-state index contributed by atoms with van der Waals surface area (Å²) in [6.45, 7) is 4.73. The Bertz CT molecular complexity index is 118. The van der Waals surface area contributed by atoms with Crippen LogP contribution in [0.2, 0.25) is 0 Å². The molecule has 2 nitrogen and oxygen atoms in total. The summed E-state index contributed by atoms with van der Waals surface area (Å²) < 4.78 is 4.79. The molecule has 0 aliphatic carbocycles. The molecule has 0 aromatic rings. The van der Waals surface area contributed by atoms with Gasteiger partial charge in [-0.1, -0.05) is 13.8 Å². The largest absolute Gasteiger partial charge is 0.465 e. The van der Waals surface area contributed by atoms with E-state index in [0.717, 1.165) is 6.42 Å². The fraction of sp³-hybridized carbons (Fsp3) is 0.857. The molecule has 0 unspecified atom stereocenters. The van der Waals surface area contributed by atoms with E-state index >= 15 is 0 Å². The van der Waals surface area contributed by atoms with Gasteiger partial charge < -0.3 is 4.74 Å². The molecule has 1 atom stereocenters. The zero-order valence-electron chi connectivity index (χ0n) is 5.89. The molecule has 2 heteroatoms. The van der Waals surface area contributed by atoms with Gasteiger partial charge in [0, 0.05) is 0 Å². The van der Waals surface area contributed by atoms with Crippen LogP contribution in [-0.2, 0) is 9.53 Å². The second-order valence-corrected chi connectivity index (χ2v) is 2.81. The van der Waals surface area contributed by atoms with E-state index in [0.29, 0.717) is 12.5 Å². The van der Waals surface area contributed by atoms with Gasteiger partial charge in [0.05, 0.1) is 12.5 Å². The van der Waals surface area contributed by atoms with Gasteiger partial charge in [-0.25, -0.2) is 0 Å². The smallest absolute Gasteiger partial charge is 0.309 e. The first kappa shape index (κ1) is 6.59. The number of rotatable bonds is 1. The molecular formula is C7H12O2. The van der Waals surface area contributed by atoms with Crippen LogP contribution < -0.4 is 0 Å². The van der Waals surface area contributed by atoms with Crippen molar-refractivity contribution in [3.05, 3.63) is 0 Å². The zero-order valence-corrected chi connectivity index (χ0v) is 5.89. The van der Waals surface area contributed by atoms with Crippen molar-refractivity contribution in [2.45, 2.75) is 20.3 Å². The molecule has 0 aromatic heterocycles. The Balaban J connectivity index is 2.49. The van der Waals surface area contributed by atoms with Crippen molar-refractivity contribution in [1.29, 1.82) is 0 Å². The Labute approximate surface area is 55.2 Å². The quantitative estimate of drug-likeness (QED) is 0.496. The maximum Gasteiger partial charge on any atom is 0.309 e. The standard InChI is InChI=1S/C7H12O2/c1-5(2)6-3-4-9-7(6)8/h5-6H,3-4H2,1-2H3/t6-/m0/s1. The minimum atomic E-state index is -0.00926. The van der Waals surface area contributed by atoms with E-state index < -0.39 is 0 Å². The molecule has 1 aliphatic rings. The first-order valence-electron chi connectivity index (χ1n) is 3.38. The van der Waals surface area contributed by atoms with E-state index in [2.05, 4.69) is 13.8 Å². The number of ether oxygens (including phenoxy) is 1. The third kappa shape index (κ3) is 1.23. The van der Waals surface area contributed by atoms with Gasteiger partial charge in [0.15, 0.2) is 0 Å². The summed E-state index contributed by atoms with van der Waals surface area (Å²) in [6, 6.07) is 0. The predicted octanol–water partition coefficient (Wildman–Crippen LogP) is 1.21. The van der Waals surface area contributed by atoms with E-state index in [1.54, 1.807) is 0 Å².